The van der Waals surface area contributed by atoms with Gasteiger partial charge in [-0.3, -0.25) is 4.90 Å². The van der Waals surface area contributed by atoms with Crippen LogP contribution in [0.3, 0.4) is 0 Å². The van der Waals surface area contributed by atoms with Crippen LogP contribution >= 0.6 is 0 Å². The van der Waals surface area contributed by atoms with Gasteiger partial charge in [0.2, 0.25) is 0 Å². The number of hydrogen-bond acceptors (Lipinski definition) is 2. The molecular formula is C18H17NO2. The number of ether oxygens (including phenoxy) is 1. The summed E-state index contributed by atoms with van der Waals surface area (Å²) >= 11 is 0. The smallest absolute Gasteiger partial charge is 0.415 e. The maximum atomic E-state index is 12.2. The maximum absolute atomic E-state index is 12.2. The molecule has 0 aliphatic rings. The minimum absolute atomic E-state index is 0.177. The molecule has 0 aliphatic heterocycles. The van der Waals surface area contributed by atoms with Gasteiger partial charge in [-0.25, -0.2) is 4.79 Å². The average molecular weight is 279 g/mol. The topological polar surface area (TPSA) is 29.5 Å². The normalized spacial score (nSPS) is 9.71. The Labute approximate surface area is 125 Å². The first-order valence-electron chi connectivity index (χ1n) is 6.69. The van der Waals surface area contributed by atoms with E-state index in [0.717, 1.165) is 16.8 Å². The van der Waals surface area contributed by atoms with Crippen LogP contribution in [-0.2, 0) is 11.3 Å². The third-order valence-corrected chi connectivity index (χ3v) is 3.02. The summed E-state index contributed by atoms with van der Waals surface area (Å²) in [6, 6.07) is 17.1. The van der Waals surface area contributed by atoms with Gasteiger partial charge in [-0.1, -0.05) is 53.9 Å². The number of anilines is 1. The van der Waals surface area contributed by atoms with Crippen molar-refractivity contribution in [1.29, 1.82) is 0 Å². The molecule has 0 atom stereocenters. The van der Waals surface area contributed by atoms with Crippen molar-refractivity contribution < 1.29 is 9.53 Å². The van der Waals surface area contributed by atoms with Crippen LogP contribution in [-0.4, -0.2) is 12.6 Å². The summed E-state index contributed by atoms with van der Waals surface area (Å²) in [5.41, 5.74) is 2.80. The van der Waals surface area contributed by atoms with Gasteiger partial charge in [-0.2, -0.15) is 0 Å². The van der Waals surface area contributed by atoms with Gasteiger partial charge in [0, 0.05) is 5.69 Å². The lowest BCUT2D eigenvalue weighted by Gasteiger charge is -2.20. The lowest BCUT2D eigenvalue weighted by Crippen LogP contribution is -2.31. The van der Waals surface area contributed by atoms with Crippen molar-refractivity contribution in [3.63, 3.8) is 0 Å². The van der Waals surface area contributed by atoms with Gasteiger partial charge in [0.05, 0.1) is 6.54 Å². The molecule has 0 saturated heterocycles. The van der Waals surface area contributed by atoms with Crippen LogP contribution in [0.15, 0.2) is 54.6 Å². The molecule has 0 fully saturated rings. The Hall–Kier alpha value is -2.73. The first-order chi connectivity index (χ1) is 10.2. The Morgan fingerprint density at radius 2 is 1.81 bits per heavy atom. The summed E-state index contributed by atoms with van der Waals surface area (Å²) in [7, 11) is 0. The lowest BCUT2D eigenvalue weighted by molar-refractivity contribution is 0.148. The Morgan fingerprint density at radius 3 is 2.43 bits per heavy atom. The highest BCUT2D eigenvalue weighted by atomic mass is 16.6. The third kappa shape index (κ3) is 4.12. The molecule has 0 aromatic heterocycles. The zero-order chi connectivity index (χ0) is 15.1. The fraction of sp³-hybridized carbons (Fsp3) is 0.167. The number of aryl methyl sites for hydroxylation is 1. The predicted molar refractivity (Wildman–Crippen MR) is 84.0 cm³/mol. The number of carbonyl (C=O) groups is 1. The van der Waals surface area contributed by atoms with Crippen LogP contribution in [0.25, 0.3) is 0 Å². The van der Waals surface area contributed by atoms with Crippen LogP contribution in [0.4, 0.5) is 10.5 Å². The highest BCUT2D eigenvalue weighted by molar-refractivity contribution is 5.88. The molecule has 3 heteroatoms. The number of terminal acetylenes is 1. The van der Waals surface area contributed by atoms with Crippen LogP contribution in [0.5, 0.6) is 0 Å². The number of hydrogen-bond donors (Lipinski definition) is 0. The van der Waals surface area contributed by atoms with Crippen LogP contribution < -0.4 is 4.90 Å². The van der Waals surface area contributed by atoms with Crippen molar-refractivity contribution in [1.82, 2.24) is 0 Å². The molecular weight excluding hydrogens is 262 g/mol. The largest absolute Gasteiger partial charge is 0.444 e. The van der Waals surface area contributed by atoms with E-state index < -0.39 is 6.09 Å². The molecule has 0 heterocycles. The van der Waals surface area contributed by atoms with Gasteiger partial charge in [0.25, 0.3) is 0 Å². The van der Waals surface area contributed by atoms with Gasteiger partial charge in [0.1, 0.15) is 6.61 Å². The number of amides is 1. The molecule has 0 aliphatic carbocycles. The average Bonchev–Trinajstić information content (AvgIpc) is 2.52. The van der Waals surface area contributed by atoms with Gasteiger partial charge in [-0.05, 0) is 24.6 Å². The fourth-order valence-corrected chi connectivity index (χ4v) is 1.87. The Balaban J connectivity index is 2.06. The summed E-state index contributed by atoms with van der Waals surface area (Å²) in [5, 5.41) is 0. The van der Waals surface area contributed by atoms with Crippen molar-refractivity contribution in [3.8, 4) is 12.3 Å². The molecule has 0 spiro atoms. The summed E-state index contributed by atoms with van der Waals surface area (Å²) in [5.74, 6) is 2.49. The lowest BCUT2D eigenvalue weighted by atomic mass is 10.2. The van der Waals surface area contributed by atoms with Crippen LogP contribution in [0, 0.1) is 19.3 Å². The van der Waals surface area contributed by atoms with Crippen molar-refractivity contribution in [3.05, 3.63) is 65.7 Å². The van der Waals surface area contributed by atoms with E-state index in [2.05, 4.69) is 5.92 Å². The first-order valence-corrected chi connectivity index (χ1v) is 6.69. The summed E-state index contributed by atoms with van der Waals surface area (Å²) in [4.78, 5) is 13.6. The highest BCUT2D eigenvalue weighted by Crippen LogP contribution is 2.16. The zero-order valence-corrected chi connectivity index (χ0v) is 12.0. The number of benzene rings is 2. The first kappa shape index (κ1) is 14.7. The Morgan fingerprint density at radius 1 is 1.14 bits per heavy atom. The molecule has 2 aromatic rings. The molecule has 0 N–H and O–H groups in total. The van der Waals surface area contributed by atoms with Crippen LogP contribution in [0.1, 0.15) is 11.1 Å². The molecule has 0 unspecified atom stereocenters. The van der Waals surface area contributed by atoms with E-state index in [9.17, 15) is 4.79 Å². The monoisotopic (exact) mass is 279 g/mol. The minimum Gasteiger partial charge on any atom is -0.444 e. The second kappa shape index (κ2) is 7.16. The van der Waals surface area contributed by atoms with Crippen molar-refractivity contribution in [2.75, 3.05) is 11.4 Å². The van der Waals surface area contributed by atoms with E-state index >= 15 is 0 Å². The molecule has 0 saturated carbocycles. The standard InChI is InChI=1S/C18H17NO2/c1-3-13-19(17-11-9-15(2)10-12-17)18(20)21-14-16-7-5-4-6-8-16/h1,4-12H,13-14H2,2H3. The van der Waals surface area contributed by atoms with E-state index in [-0.39, 0.29) is 13.2 Å². The predicted octanol–water partition coefficient (Wildman–Crippen LogP) is 3.77. The van der Waals surface area contributed by atoms with E-state index in [0.29, 0.717) is 0 Å². The molecule has 0 bridgehead atoms. The van der Waals surface area contributed by atoms with Gasteiger partial charge in [0.15, 0.2) is 0 Å². The molecule has 106 valence electrons. The quantitative estimate of drug-likeness (QED) is 0.797. The SMILES string of the molecule is C#CCN(C(=O)OCc1ccccc1)c1ccc(C)cc1. The van der Waals surface area contributed by atoms with E-state index in [1.54, 1.807) is 0 Å². The van der Waals surface area contributed by atoms with Crippen molar-refractivity contribution >= 4 is 11.8 Å². The van der Waals surface area contributed by atoms with Gasteiger partial charge in [-0.15, -0.1) is 6.42 Å². The highest BCUT2D eigenvalue weighted by Gasteiger charge is 2.16. The minimum atomic E-state index is -0.444. The molecule has 2 aromatic carbocycles. The van der Waals surface area contributed by atoms with Crippen molar-refractivity contribution in [2.45, 2.75) is 13.5 Å². The molecule has 0 radical (unpaired) electrons. The fourth-order valence-electron chi connectivity index (χ4n) is 1.87. The second-order valence-electron chi connectivity index (χ2n) is 4.67. The maximum Gasteiger partial charge on any atom is 0.415 e. The summed E-state index contributed by atoms with van der Waals surface area (Å²) < 4.78 is 5.32. The zero-order valence-electron chi connectivity index (χ0n) is 12.0. The Bertz CT molecular complexity index is 627. The number of carbonyl (C=O) groups excluding carboxylic acids is 1. The summed E-state index contributed by atoms with van der Waals surface area (Å²) in [6.45, 7) is 2.40. The van der Waals surface area contributed by atoms with E-state index in [1.165, 1.54) is 4.90 Å². The Kier molecular flexibility index (Phi) is 5.00. The molecule has 1 amide bonds. The number of nitrogens with zero attached hydrogens (tertiary/aromatic N) is 1. The van der Waals surface area contributed by atoms with Crippen molar-refractivity contribution in [2.24, 2.45) is 0 Å². The van der Waals surface area contributed by atoms with Crippen LogP contribution in [0.2, 0.25) is 0 Å². The van der Waals surface area contributed by atoms with Gasteiger partial charge < -0.3 is 4.74 Å². The van der Waals surface area contributed by atoms with Gasteiger partial charge >= 0.3 is 6.09 Å². The summed E-state index contributed by atoms with van der Waals surface area (Å²) in [6.07, 6.45) is 4.90. The number of rotatable bonds is 4. The molecule has 3 nitrogen and oxygen atoms in total. The second-order valence-corrected chi connectivity index (χ2v) is 4.67. The third-order valence-electron chi connectivity index (χ3n) is 3.02. The van der Waals surface area contributed by atoms with E-state index in [4.69, 9.17) is 11.2 Å². The van der Waals surface area contributed by atoms with E-state index in [1.807, 2.05) is 61.5 Å². The molecule has 21 heavy (non-hydrogen) atoms. The molecule has 2 rings (SSSR count).